The maximum atomic E-state index is 12.4. The van der Waals surface area contributed by atoms with Gasteiger partial charge >= 0.3 is 5.97 Å². The van der Waals surface area contributed by atoms with Crippen molar-refractivity contribution in [3.8, 4) is 0 Å². The molecular weight excluding hydrogens is 282 g/mol. The van der Waals surface area contributed by atoms with Gasteiger partial charge in [0, 0.05) is 0 Å². The van der Waals surface area contributed by atoms with E-state index in [0.29, 0.717) is 25.0 Å². The normalized spacial score (nSPS) is 27.4. The van der Waals surface area contributed by atoms with Crippen molar-refractivity contribution in [3.63, 3.8) is 0 Å². The highest BCUT2D eigenvalue weighted by Crippen LogP contribution is 2.34. The molecule has 0 amide bonds. The van der Waals surface area contributed by atoms with Crippen LogP contribution in [0, 0.1) is 12.8 Å². The van der Waals surface area contributed by atoms with Crippen LogP contribution in [0.15, 0.2) is 11.1 Å². The molecule has 2 rings (SSSR count). The molecule has 0 aromatic carbocycles. The fourth-order valence-electron chi connectivity index (χ4n) is 2.80. The number of aliphatic carboxylic acids is 1. The van der Waals surface area contributed by atoms with Crippen LogP contribution >= 0.6 is 0 Å². The van der Waals surface area contributed by atoms with Crippen molar-refractivity contribution in [1.29, 1.82) is 0 Å². The predicted molar refractivity (Wildman–Crippen MR) is 71.6 cm³/mol. The highest BCUT2D eigenvalue weighted by atomic mass is 32.2. The minimum atomic E-state index is -3.90. The van der Waals surface area contributed by atoms with Gasteiger partial charge in [0.05, 0.1) is 11.9 Å². The largest absolute Gasteiger partial charge is 0.480 e. The van der Waals surface area contributed by atoms with Crippen LogP contribution in [-0.2, 0) is 14.8 Å². The molecule has 112 valence electrons. The number of hydrogen-bond donors (Lipinski definition) is 3. The number of H-pyrrole nitrogens is 1. The van der Waals surface area contributed by atoms with Gasteiger partial charge in [0.15, 0.2) is 0 Å². The molecule has 1 saturated carbocycles. The average molecular weight is 301 g/mol. The van der Waals surface area contributed by atoms with E-state index in [1.165, 1.54) is 6.20 Å². The summed E-state index contributed by atoms with van der Waals surface area (Å²) in [6, 6.07) is 0. The Morgan fingerprint density at radius 2 is 2.30 bits per heavy atom. The Hall–Kier alpha value is -1.41. The molecule has 8 heteroatoms. The number of carboxylic acids is 1. The van der Waals surface area contributed by atoms with E-state index in [0.717, 1.165) is 6.42 Å². The van der Waals surface area contributed by atoms with Crippen LogP contribution in [0.2, 0.25) is 0 Å². The van der Waals surface area contributed by atoms with E-state index in [4.69, 9.17) is 0 Å². The number of aromatic nitrogens is 2. The Morgan fingerprint density at radius 3 is 2.80 bits per heavy atom. The summed E-state index contributed by atoms with van der Waals surface area (Å²) in [5, 5.41) is 15.7. The molecule has 2 unspecified atom stereocenters. The predicted octanol–water partition coefficient (Wildman–Crippen LogP) is 1.03. The van der Waals surface area contributed by atoms with Crippen LogP contribution in [0.3, 0.4) is 0 Å². The van der Waals surface area contributed by atoms with Crippen molar-refractivity contribution in [1.82, 2.24) is 14.9 Å². The van der Waals surface area contributed by atoms with E-state index in [2.05, 4.69) is 14.9 Å². The van der Waals surface area contributed by atoms with Gasteiger partial charge in [-0.1, -0.05) is 19.8 Å². The van der Waals surface area contributed by atoms with Crippen molar-refractivity contribution in [2.45, 2.75) is 50.0 Å². The van der Waals surface area contributed by atoms with E-state index in [1.54, 1.807) is 6.92 Å². The Labute approximate surface area is 117 Å². The first-order valence-electron chi connectivity index (χ1n) is 6.54. The summed E-state index contributed by atoms with van der Waals surface area (Å²) in [6.07, 6.45) is 3.42. The van der Waals surface area contributed by atoms with Gasteiger partial charge in [0.25, 0.3) is 0 Å². The lowest BCUT2D eigenvalue weighted by molar-refractivity contribution is -0.146. The van der Waals surface area contributed by atoms with E-state index in [1.807, 2.05) is 6.92 Å². The van der Waals surface area contributed by atoms with E-state index >= 15 is 0 Å². The quantitative estimate of drug-likeness (QED) is 0.769. The third kappa shape index (κ3) is 2.71. The fourth-order valence-corrected chi connectivity index (χ4v) is 4.34. The molecule has 1 aliphatic carbocycles. The standard InChI is InChI=1S/C12H19N3O4S/c1-8-4-3-5-12(6-8,11(16)17)15-20(18,19)10-7-13-14-9(10)2/h7-8,15H,3-6H2,1-2H3,(H,13,14)(H,16,17). The number of carboxylic acid groups (broad SMARTS) is 1. The zero-order chi connectivity index (χ0) is 15.0. The molecule has 1 aromatic heterocycles. The second-order valence-electron chi connectivity index (χ2n) is 5.55. The summed E-state index contributed by atoms with van der Waals surface area (Å²) in [5.41, 5.74) is -1.03. The van der Waals surface area contributed by atoms with Crippen molar-refractivity contribution in [3.05, 3.63) is 11.9 Å². The minimum absolute atomic E-state index is 0.00338. The first-order chi connectivity index (χ1) is 9.27. The molecule has 0 radical (unpaired) electrons. The molecule has 20 heavy (non-hydrogen) atoms. The molecule has 1 heterocycles. The van der Waals surface area contributed by atoms with Gasteiger partial charge in [0.2, 0.25) is 10.0 Å². The first kappa shape index (κ1) is 15.0. The van der Waals surface area contributed by atoms with Gasteiger partial charge in [-0.3, -0.25) is 9.89 Å². The minimum Gasteiger partial charge on any atom is -0.480 e. The van der Waals surface area contributed by atoms with Crippen LogP contribution in [0.4, 0.5) is 0 Å². The van der Waals surface area contributed by atoms with Crippen LogP contribution in [-0.4, -0.2) is 35.2 Å². The molecule has 2 atom stereocenters. The molecule has 1 aromatic rings. The van der Waals surface area contributed by atoms with Gasteiger partial charge < -0.3 is 5.11 Å². The zero-order valence-corrected chi connectivity index (χ0v) is 12.3. The SMILES string of the molecule is Cc1[nH]ncc1S(=O)(=O)NC1(C(=O)O)CCCC(C)C1. The number of carbonyl (C=O) groups is 1. The number of nitrogens with zero attached hydrogens (tertiary/aromatic N) is 1. The highest BCUT2D eigenvalue weighted by Gasteiger charge is 2.45. The maximum absolute atomic E-state index is 12.4. The number of hydrogen-bond acceptors (Lipinski definition) is 4. The Bertz CT molecular complexity index is 610. The number of aryl methyl sites for hydroxylation is 1. The smallest absolute Gasteiger partial charge is 0.324 e. The molecule has 1 fully saturated rings. The van der Waals surface area contributed by atoms with E-state index in [9.17, 15) is 18.3 Å². The Kier molecular flexibility index (Phi) is 3.88. The fraction of sp³-hybridized carbons (Fsp3) is 0.667. The average Bonchev–Trinajstić information content (AvgIpc) is 2.75. The van der Waals surface area contributed by atoms with Crippen LogP contribution < -0.4 is 4.72 Å². The molecule has 0 aliphatic heterocycles. The molecule has 3 N–H and O–H groups in total. The summed E-state index contributed by atoms with van der Waals surface area (Å²) in [4.78, 5) is 11.6. The highest BCUT2D eigenvalue weighted by molar-refractivity contribution is 7.89. The lowest BCUT2D eigenvalue weighted by Gasteiger charge is -2.36. The lowest BCUT2D eigenvalue weighted by Crippen LogP contribution is -2.56. The van der Waals surface area contributed by atoms with Crippen molar-refractivity contribution < 1.29 is 18.3 Å². The van der Waals surface area contributed by atoms with Crippen LogP contribution in [0.5, 0.6) is 0 Å². The second-order valence-corrected chi connectivity index (χ2v) is 7.20. The van der Waals surface area contributed by atoms with Crippen LogP contribution in [0.1, 0.15) is 38.3 Å². The molecule has 0 spiro atoms. The molecule has 0 saturated heterocycles. The third-order valence-electron chi connectivity index (χ3n) is 3.81. The van der Waals surface area contributed by atoms with Gasteiger partial charge in [-0.05, 0) is 25.7 Å². The number of sulfonamides is 1. The number of rotatable bonds is 4. The van der Waals surface area contributed by atoms with E-state index in [-0.39, 0.29) is 10.8 Å². The van der Waals surface area contributed by atoms with Crippen molar-refractivity contribution >= 4 is 16.0 Å². The Balaban J connectivity index is 2.34. The second kappa shape index (κ2) is 5.17. The van der Waals surface area contributed by atoms with Gasteiger partial charge in [0.1, 0.15) is 10.4 Å². The lowest BCUT2D eigenvalue weighted by atomic mass is 9.77. The summed E-state index contributed by atoms with van der Waals surface area (Å²) in [6.45, 7) is 3.52. The number of aromatic amines is 1. The van der Waals surface area contributed by atoms with E-state index < -0.39 is 21.5 Å². The summed E-state index contributed by atoms with van der Waals surface area (Å²) >= 11 is 0. The maximum Gasteiger partial charge on any atom is 0.324 e. The van der Waals surface area contributed by atoms with Crippen molar-refractivity contribution in [2.24, 2.45) is 5.92 Å². The summed E-state index contributed by atoms with van der Waals surface area (Å²) < 4.78 is 27.1. The van der Waals surface area contributed by atoms with Gasteiger partial charge in [-0.15, -0.1) is 0 Å². The monoisotopic (exact) mass is 301 g/mol. The Morgan fingerprint density at radius 1 is 1.60 bits per heavy atom. The van der Waals surface area contributed by atoms with Crippen molar-refractivity contribution in [2.75, 3.05) is 0 Å². The topological polar surface area (TPSA) is 112 Å². The first-order valence-corrected chi connectivity index (χ1v) is 8.02. The zero-order valence-electron chi connectivity index (χ0n) is 11.5. The molecular formula is C12H19N3O4S. The molecule has 0 bridgehead atoms. The third-order valence-corrected chi connectivity index (χ3v) is 5.46. The van der Waals surface area contributed by atoms with Gasteiger partial charge in [-0.25, -0.2) is 8.42 Å². The summed E-state index contributed by atoms with van der Waals surface area (Å²) in [7, 11) is -3.90. The summed E-state index contributed by atoms with van der Waals surface area (Å²) in [5.74, 6) is -0.943. The number of nitrogens with one attached hydrogen (secondary N) is 2. The molecule has 7 nitrogen and oxygen atoms in total. The molecule has 1 aliphatic rings. The van der Waals surface area contributed by atoms with Gasteiger partial charge in [-0.2, -0.15) is 9.82 Å². The van der Waals surface area contributed by atoms with Crippen LogP contribution in [0.25, 0.3) is 0 Å².